The van der Waals surface area contributed by atoms with E-state index in [1.54, 1.807) is 20.8 Å². The number of fused-ring (bicyclic) bond motifs is 1. The van der Waals surface area contributed by atoms with Crippen LogP contribution in [0.4, 0.5) is 5.13 Å². The fraction of sp³-hybridized carbons (Fsp3) is 0.591. The number of nitrogens with two attached hydrogens (primary N) is 1. The van der Waals surface area contributed by atoms with Crippen LogP contribution >= 0.6 is 23.1 Å². The number of carboxylic acids is 1. The van der Waals surface area contributed by atoms with Gasteiger partial charge in [-0.2, -0.15) is 0 Å². The summed E-state index contributed by atoms with van der Waals surface area (Å²) >= 11 is 2.13. The third-order valence-corrected chi connectivity index (χ3v) is 8.30. The number of aliphatic carboxylic acids is 1. The second kappa shape index (κ2) is 11.1. The van der Waals surface area contributed by atoms with Crippen molar-refractivity contribution in [3.8, 4) is 0 Å². The van der Waals surface area contributed by atoms with E-state index in [9.17, 15) is 29.1 Å². The van der Waals surface area contributed by atoms with E-state index in [1.807, 2.05) is 0 Å². The largest absolute Gasteiger partial charge is 0.481 e. The molecule has 0 bridgehead atoms. The average Bonchev–Trinajstić information content (AvgIpc) is 3.27. The minimum absolute atomic E-state index is 0.157. The van der Waals surface area contributed by atoms with Gasteiger partial charge < -0.3 is 35.4 Å². The monoisotopic (exact) mass is 571 g/mol. The number of aromatic nitrogens is 1. The molecule has 3 rings (SSSR count). The molecular weight excluding hydrogens is 542 g/mol. The zero-order valence-electron chi connectivity index (χ0n) is 21.4. The van der Waals surface area contributed by atoms with Crippen LogP contribution < -0.4 is 11.1 Å². The van der Waals surface area contributed by atoms with Crippen molar-refractivity contribution in [1.29, 1.82) is 0 Å². The lowest BCUT2D eigenvalue weighted by atomic mass is 9.82. The van der Waals surface area contributed by atoms with Gasteiger partial charge in [-0.15, -0.1) is 23.1 Å². The number of ether oxygens (including phenoxy) is 2. The molecule has 1 aromatic heterocycles. The van der Waals surface area contributed by atoms with Crippen LogP contribution in [0.3, 0.4) is 0 Å². The van der Waals surface area contributed by atoms with Gasteiger partial charge in [0.2, 0.25) is 5.91 Å². The number of nitrogen functional groups attached to an aromatic ring is 1. The first-order chi connectivity index (χ1) is 17.7. The molecule has 3 heterocycles. The summed E-state index contributed by atoms with van der Waals surface area (Å²) in [7, 11) is 1.24. The Morgan fingerprint density at radius 1 is 1.32 bits per heavy atom. The minimum Gasteiger partial charge on any atom is -0.481 e. The van der Waals surface area contributed by atoms with E-state index in [4.69, 9.17) is 20.0 Å². The number of carboxylic acid groups (broad SMARTS) is 1. The van der Waals surface area contributed by atoms with Gasteiger partial charge in [-0.05, 0) is 20.8 Å². The van der Waals surface area contributed by atoms with Crippen molar-refractivity contribution in [2.24, 2.45) is 16.0 Å². The predicted octanol–water partition coefficient (Wildman–Crippen LogP) is 0.0677. The number of nitrogens with zero attached hydrogens (tertiary/aromatic N) is 3. The number of thioether (sulfide) groups is 1. The number of hydrogen-bond donors (Lipinski definition) is 3. The van der Waals surface area contributed by atoms with Gasteiger partial charge in [0.25, 0.3) is 5.91 Å². The summed E-state index contributed by atoms with van der Waals surface area (Å²) in [4.78, 5) is 72.5. The van der Waals surface area contributed by atoms with E-state index in [0.717, 1.165) is 30.0 Å². The van der Waals surface area contributed by atoms with Gasteiger partial charge in [-0.1, -0.05) is 5.16 Å². The van der Waals surface area contributed by atoms with E-state index >= 15 is 0 Å². The summed E-state index contributed by atoms with van der Waals surface area (Å²) < 4.78 is 10.5. The van der Waals surface area contributed by atoms with Gasteiger partial charge in [0.15, 0.2) is 10.8 Å². The number of carbonyl (C=O) groups is 5. The molecule has 14 nitrogen and oxygen atoms in total. The zero-order chi connectivity index (χ0) is 28.4. The molecule has 0 spiro atoms. The third kappa shape index (κ3) is 5.85. The lowest BCUT2D eigenvalue weighted by molar-refractivity contribution is -0.170. The summed E-state index contributed by atoms with van der Waals surface area (Å²) in [6.45, 7) is 4.92. The zero-order valence-corrected chi connectivity index (χ0v) is 23.0. The molecule has 4 atom stereocenters. The molecule has 2 aliphatic rings. The first kappa shape index (κ1) is 29.2. The molecule has 2 saturated heterocycles. The fourth-order valence-corrected chi connectivity index (χ4v) is 5.99. The Bertz CT molecular complexity index is 1160. The lowest BCUT2D eigenvalue weighted by Crippen LogP contribution is -2.76. The SMILES string of the molecule is CON=C(C(=O)NC1C(=O)N2CC(COC(C)=O)(C(=O)O)C(COC(=O)C(C)(C)C)S[C@H]12)c1csc(N)n1. The quantitative estimate of drug-likeness (QED) is 0.156. The van der Waals surface area contributed by atoms with Crippen molar-refractivity contribution in [3.05, 3.63) is 11.1 Å². The standard InChI is InChI=1S/C22H29N5O9S2/c1-10(28)36-9-22(18(31)32)8-27-16(30)14(17(27)38-12(22)6-35-19(33)21(2,3)4)25-15(29)13(26-34-5)11-7-37-20(23)24-11/h7,12,14,17H,6,8-9H2,1-5H3,(H2,23,24)(H,25,29)(H,31,32)/t12?,14?,17-,22?/m1/s1. The average molecular weight is 572 g/mol. The molecule has 208 valence electrons. The number of rotatable bonds is 9. The van der Waals surface area contributed by atoms with Crippen LogP contribution in [0.2, 0.25) is 0 Å². The second-order valence-electron chi connectivity index (χ2n) is 9.72. The molecule has 1 aromatic rings. The normalized spacial score (nSPS) is 25.1. The van der Waals surface area contributed by atoms with E-state index in [1.165, 1.54) is 17.4 Å². The van der Waals surface area contributed by atoms with Crippen molar-refractivity contribution < 1.29 is 43.4 Å². The molecular formula is C22H29N5O9S2. The van der Waals surface area contributed by atoms with Crippen LogP contribution in [0.15, 0.2) is 10.5 Å². The Kier molecular flexibility index (Phi) is 8.55. The van der Waals surface area contributed by atoms with Crippen LogP contribution in [-0.4, -0.2) is 94.0 Å². The summed E-state index contributed by atoms with van der Waals surface area (Å²) in [6, 6.07) is -1.04. The molecule has 2 aliphatic heterocycles. The Hall–Kier alpha value is -3.40. The fourth-order valence-electron chi connectivity index (χ4n) is 3.79. The highest BCUT2D eigenvalue weighted by molar-refractivity contribution is 8.00. The molecule has 2 fully saturated rings. The highest BCUT2D eigenvalue weighted by Gasteiger charge is 2.62. The highest BCUT2D eigenvalue weighted by atomic mass is 32.2. The molecule has 0 radical (unpaired) electrons. The van der Waals surface area contributed by atoms with Gasteiger partial charge in [0, 0.05) is 18.8 Å². The Balaban J connectivity index is 1.85. The van der Waals surface area contributed by atoms with Crippen molar-refractivity contribution in [2.75, 3.05) is 32.6 Å². The number of esters is 2. The highest BCUT2D eigenvalue weighted by Crippen LogP contribution is 2.48. The number of hydrogen-bond acceptors (Lipinski definition) is 13. The predicted molar refractivity (Wildman–Crippen MR) is 136 cm³/mol. The van der Waals surface area contributed by atoms with Crippen LogP contribution in [-0.2, 0) is 38.3 Å². The van der Waals surface area contributed by atoms with Crippen molar-refractivity contribution >= 4 is 63.7 Å². The molecule has 0 aromatic carbocycles. The van der Waals surface area contributed by atoms with Crippen molar-refractivity contribution in [3.63, 3.8) is 0 Å². The van der Waals surface area contributed by atoms with Crippen LogP contribution in [0, 0.1) is 10.8 Å². The number of oxime groups is 1. The van der Waals surface area contributed by atoms with Crippen LogP contribution in [0.5, 0.6) is 0 Å². The molecule has 0 aliphatic carbocycles. The molecule has 2 amide bonds. The third-order valence-electron chi connectivity index (χ3n) is 5.90. The maximum absolute atomic E-state index is 13.0. The lowest BCUT2D eigenvalue weighted by Gasteiger charge is -2.56. The van der Waals surface area contributed by atoms with Crippen LogP contribution in [0.1, 0.15) is 33.4 Å². The van der Waals surface area contributed by atoms with E-state index < -0.39 is 63.8 Å². The maximum atomic E-state index is 13.0. The molecule has 0 saturated carbocycles. The smallest absolute Gasteiger partial charge is 0.316 e. The van der Waals surface area contributed by atoms with E-state index in [-0.39, 0.29) is 29.7 Å². The van der Waals surface area contributed by atoms with Gasteiger partial charge in [0.1, 0.15) is 42.8 Å². The van der Waals surface area contributed by atoms with Crippen molar-refractivity contribution in [2.45, 2.75) is 44.4 Å². The second-order valence-corrected chi connectivity index (χ2v) is 11.9. The van der Waals surface area contributed by atoms with Crippen LogP contribution in [0.25, 0.3) is 0 Å². The number of carbonyl (C=O) groups excluding carboxylic acids is 4. The molecule has 3 unspecified atom stereocenters. The topological polar surface area (TPSA) is 200 Å². The Morgan fingerprint density at radius 2 is 2.00 bits per heavy atom. The molecule has 38 heavy (non-hydrogen) atoms. The van der Waals surface area contributed by atoms with E-state index in [0.29, 0.717) is 0 Å². The number of amides is 2. The summed E-state index contributed by atoms with van der Waals surface area (Å²) in [5.41, 5.74) is 3.01. The number of anilines is 1. The van der Waals surface area contributed by atoms with Gasteiger partial charge >= 0.3 is 17.9 Å². The summed E-state index contributed by atoms with van der Waals surface area (Å²) in [6.07, 6.45) is 0. The van der Waals surface area contributed by atoms with Gasteiger partial charge in [-0.25, -0.2) is 4.98 Å². The first-order valence-electron chi connectivity index (χ1n) is 11.3. The number of β-lactam (4-membered cyclic amide) rings is 1. The maximum Gasteiger partial charge on any atom is 0.316 e. The summed E-state index contributed by atoms with van der Waals surface area (Å²) in [5.74, 6) is -3.86. The van der Waals surface area contributed by atoms with Gasteiger partial charge in [0.05, 0.1) is 10.7 Å². The molecule has 4 N–H and O–H groups in total. The Morgan fingerprint density at radius 3 is 2.53 bits per heavy atom. The molecule has 16 heteroatoms. The number of nitrogens with one attached hydrogen (secondary N) is 1. The number of thiazole rings is 1. The summed E-state index contributed by atoms with van der Waals surface area (Å²) in [5, 5.41) is 16.6. The minimum atomic E-state index is -1.75. The van der Waals surface area contributed by atoms with E-state index in [2.05, 4.69) is 15.5 Å². The Labute approximate surface area is 226 Å². The first-order valence-corrected chi connectivity index (χ1v) is 13.2. The van der Waals surface area contributed by atoms with Gasteiger partial charge in [-0.3, -0.25) is 24.0 Å². The van der Waals surface area contributed by atoms with Crippen molar-refractivity contribution in [1.82, 2.24) is 15.2 Å².